The van der Waals surface area contributed by atoms with Crippen molar-refractivity contribution in [3.05, 3.63) is 18.6 Å². The molecule has 2 aromatic heterocycles. The topological polar surface area (TPSA) is 65.7 Å². The first-order chi connectivity index (χ1) is 10.2. The summed E-state index contributed by atoms with van der Waals surface area (Å²) in [5, 5.41) is 13.0. The number of aliphatic hydroxyl groups is 1. The fraction of sp³-hybridized carbons (Fsp3) is 0.600. The smallest absolute Gasteiger partial charge is 0.180 e. The predicted octanol–water partition coefficient (Wildman–Crippen LogP) is 1.76. The second-order valence-corrected chi connectivity index (χ2v) is 5.74. The van der Waals surface area contributed by atoms with E-state index < -0.39 is 0 Å². The maximum atomic E-state index is 9.69. The molecule has 0 saturated carbocycles. The van der Waals surface area contributed by atoms with Gasteiger partial charge in [-0.05, 0) is 18.8 Å². The molecule has 2 aromatic rings. The number of imidazole rings is 1. The molecule has 2 unspecified atom stereocenters. The summed E-state index contributed by atoms with van der Waals surface area (Å²) >= 11 is 0. The first-order valence-electron chi connectivity index (χ1n) is 7.69. The van der Waals surface area contributed by atoms with E-state index in [9.17, 15) is 5.11 Å². The monoisotopic (exact) mass is 289 g/mol. The van der Waals surface area contributed by atoms with Crippen LogP contribution in [-0.2, 0) is 0 Å². The van der Waals surface area contributed by atoms with E-state index >= 15 is 0 Å². The standard InChI is InChI=1S/C15H23N5O/c1-3-5-16-13-9-19-8-6-17-14(19)15(18-13)20-7-4-11(2)12(20)10-21/h6,8-9,11-12,16,21H,3-5,7,10H2,1-2H3. The first kappa shape index (κ1) is 14.1. The molecule has 21 heavy (non-hydrogen) atoms. The van der Waals surface area contributed by atoms with Crippen LogP contribution in [0.4, 0.5) is 11.6 Å². The van der Waals surface area contributed by atoms with Crippen LogP contribution in [0.25, 0.3) is 5.65 Å². The molecule has 0 aromatic carbocycles. The zero-order chi connectivity index (χ0) is 14.8. The van der Waals surface area contributed by atoms with E-state index in [1.807, 2.05) is 16.8 Å². The Balaban J connectivity index is 2.01. The van der Waals surface area contributed by atoms with Crippen molar-refractivity contribution in [2.75, 3.05) is 29.9 Å². The Bertz CT molecular complexity index is 611. The zero-order valence-electron chi connectivity index (χ0n) is 12.7. The molecule has 0 spiro atoms. The number of hydrogen-bond donors (Lipinski definition) is 2. The summed E-state index contributed by atoms with van der Waals surface area (Å²) in [7, 11) is 0. The molecule has 1 aliphatic rings. The van der Waals surface area contributed by atoms with E-state index in [1.54, 1.807) is 6.20 Å². The van der Waals surface area contributed by atoms with Crippen LogP contribution in [0.15, 0.2) is 18.6 Å². The van der Waals surface area contributed by atoms with Gasteiger partial charge >= 0.3 is 0 Å². The molecule has 114 valence electrons. The average Bonchev–Trinajstić information content (AvgIpc) is 3.10. The SMILES string of the molecule is CCCNc1cn2ccnc2c(N2CCC(C)C2CO)n1. The minimum absolute atomic E-state index is 0.124. The lowest BCUT2D eigenvalue weighted by Gasteiger charge is -2.26. The van der Waals surface area contributed by atoms with Crippen LogP contribution < -0.4 is 10.2 Å². The van der Waals surface area contributed by atoms with Gasteiger partial charge in [0.15, 0.2) is 11.5 Å². The average molecular weight is 289 g/mol. The third-order valence-corrected chi connectivity index (χ3v) is 4.25. The molecule has 3 rings (SSSR count). The van der Waals surface area contributed by atoms with Gasteiger partial charge in [-0.15, -0.1) is 0 Å². The third kappa shape index (κ3) is 2.55. The number of fused-ring (bicyclic) bond motifs is 1. The maximum absolute atomic E-state index is 9.69. The van der Waals surface area contributed by atoms with Crippen LogP contribution in [-0.4, -0.2) is 45.2 Å². The van der Waals surface area contributed by atoms with Crippen LogP contribution in [0.1, 0.15) is 26.7 Å². The molecule has 0 radical (unpaired) electrons. The van der Waals surface area contributed by atoms with Crippen LogP contribution >= 0.6 is 0 Å². The van der Waals surface area contributed by atoms with Gasteiger partial charge in [0.25, 0.3) is 0 Å². The molecule has 1 fully saturated rings. The van der Waals surface area contributed by atoms with E-state index in [2.05, 4.69) is 29.0 Å². The summed E-state index contributed by atoms with van der Waals surface area (Å²) in [6.45, 7) is 6.28. The van der Waals surface area contributed by atoms with Gasteiger partial charge in [-0.3, -0.25) is 0 Å². The molecule has 3 heterocycles. The van der Waals surface area contributed by atoms with Gasteiger partial charge < -0.3 is 19.7 Å². The Morgan fingerprint density at radius 1 is 1.48 bits per heavy atom. The Hall–Kier alpha value is -1.82. The normalized spacial score (nSPS) is 22.1. The predicted molar refractivity (Wildman–Crippen MR) is 83.8 cm³/mol. The van der Waals surface area contributed by atoms with Gasteiger partial charge in [-0.1, -0.05) is 13.8 Å². The fourth-order valence-electron chi connectivity index (χ4n) is 3.00. The van der Waals surface area contributed by atoms with E-state index in [0.29, 0.717) is 5.92 Å². The lowest BCUT2D eigenvalue weighted by atomic mass is 10.0. The van der Waals surface area contributed by atoms with Crippen molar-refractivity contribution < 1.29 is 5.11 Å². The largest absolute Gasteiger partial charge is 0.394 e. The lowest BCUT2D eigenvalue weighted by Crippen LogP contribution is -2.36. The van der Waals surface area contributed by atoms with Crippen LogP contribution in [0, 0.1) is 5.92 Å². The van der Waals surface area contributed by atoms with Crippen LogP contribution in [0.5, 0.6) is 0 Å². The number of aromatic nitrogens is 3. The summed E-state index contributed by atoms with van der Waals surface area (Å²) in [4.78, 5) is 11.4. The highest BCUT2D eigenvalue weighted by Gasteiger charge is 2.33. The van der Waals surface area contributed by atoms with Gasteiger partial charge in [0, 0.05) is 25.5 Å². The van der Waals surface area contributed by atoms with Crippen molar-refractivity contribution in [3.8, 4) is 0 Å². The summed E-state index contributed by atoms with van der Waals surface area (Å²) in [6, 6.07) is 0.124. The Morgan fingerprint density at radius 2 is 2.33 bits per heavy atom. The van der Waals surface area contributed by atoms with E-state index in [0.717, 1.165) is 43.2 Å². The summed E-state index contributed by atoms with van der Waals surface area (Å²) in [5.74, 6) is 2.19. The third-order valence-electron chi connectivity index (χ3n) is 4.25. The van der Waals surface area contributed by atoms with E-state index in [1.165, 1.54) is 0 Å². The van der Waals surface area contributed by atoms with Gasteiger partial charge in [0.05, 0.1) is 18.8 Å². The van der Waals surface area contributed by atoms with Crippen molar-refractivity contribution in [3.63, 3.8) is 0 Å². The summed E-state index contributed by atoms with van der Waals surface area (Å²) < 4.78 is 2.00. The van der Waals surface area contributed by atoms with E-state index in [4.69, 9.17) is 4.98 Å². The summed E-state index contributed by atoms with van der Waals surface area (Å²) in [5.41, 5.74) is 0.851. The highest BCUT2D eigenvalue weighted by atomic mass is 16.3. The van der Waals surface area contributed by atoms with Crippen molar-refractivity contribution in [2.45, 2.75) is 32.7 Å². The second kappa shape index (κ2) is 5.89. The van der Waals surface area contributed by atoms with Crippen LogP contribution in [0.3, 0.4) is 0 Å². The number of nitrogens with zero attached hydrogens (tertiary/aromatic N) is 4. The molecular formula is C15H23N5O. The van der Waals surface area contributed by atoms with Gasteiger partial charge in [0.2, 0.25) is 0 Å². The number of rotatable bonds is 5. The van der Waals surface area contributed by atoms with Gasteiger partial charge in [-0.25, -0.2) is 9.97 Å². The van der Waals surface area contributed by atoms with E-state index in [-0.39, 0.29) is 12.6 Å². The molecule has 2 N–H and O–H groups in total. The highest BCUT2D eigenvalue weighted by Crippen LogP contribution is 2.31. The van der Waals surface area contributed by atoms with Crippen molar-refractivity contribution in [2.24, 2.45) is 5.92 Å². The molecular weight excluding hydrogens is 266 g/mol. The van der Waals surface area contributed by atoms with Crippen molar-refractivity contribution in [1.29, 1.82) is 0 Å². The summed E-state index contributed by atoms with van der Waals surface area (Å²) in [6.07, 6.45) is 7.82. The number of hydrogen-bond acceptors (Lipinski definition) is 5. The Kier molecular flexibility index (Phi) is 3.96. The molecule has 1 aliphatic heterocycles. The number of nitrogens with one attached hydrogen (secondary N) is 1. The maximum Gasteiger partial charge on any atom is 0.180 e. The molecule has 6 heteroatoms. The molecule has 2 atom stereocenters. The van der Waals surface area contributed by atoms with Crippen molar-refractivity contribution in [1.82, 2.24) is 14.4 Å². The fourth-order valence-corrected chi connectivity index (χ4v) is 3.00. The number of aliphatic hydroxyl groups excluding tert-OH is 1. The minimum atomic E-state index is 0.124. The van der Waals surface area contributed by atoms with Gasteiger partial charge in [-0.2, -0.15) is 0 Å². The molecule has 0 aliphatic carbocycles. The molecule has 1 saturated heterocycles. The first-order valence-corrected chi connectivity index (χ1v) is 7.69. The van der Waals surface area contributed by atoms with Crippen molar-refractivity contribution >= 4 is 17.3 Å². The highest BCUT2D eigenvalue weighted by molar-refractivity contribution is 5.67. The minimum Gasteiger partial charge on any atom is -0.394 e. The lowest BCUT2D eigenvalue weighted by molar-refractivity contribution is 0.244. The van der Waals surface area contributed by atoms with Gasteiger partial charge in [0.1, 0.15) is 5.82 Å². The Labute approximate surface area is 124 Å². The number of anilines is 2. The molecule has 0 bridgehead atoms. The van der Waals surface area contributed by atoms with Crippen LogP contribution in [0.2, 0.25) is 0 Å². The molecule has 0 amide bonds. The second-order valence-electron chi connectivity index (χ2n) is 5.74. The Morgan fingerprint density at radius 3 is 3.10 bits per heavy atom. The quantitative estimate of drug-likeness (QED) is 0.878. The zero-order valence-corrected chi connectivity index (χ0v) is 12.7. The molecule has 6 nitrogen and oxygen atoms in total.